The molecular weight excluding hydrogens is 204 g/mol. The maximum atomic E-state index is 9.90. The highest BCUT2D eigenvalue weighted by Crippen LogP contribution is 2.22. The van der Waals surface area contributed by atoms with E-state index in [2.05, 4.69) is 30.7 Å². The van der Waals surface area contributed by atoms with Crippen molar-refractivity contribution in [3.63, 3.8) is 0 Å². The van der Waals surface area contributed by atoms with Gasteiger partial charge in [-0.15, -0.1) is 0 Å². The van der Waals surface area contributed by atoms with Gasteiger partial charge in [0.05, 0.1) is 18.9 Å². The van der Waals surface area contributed by atoms with Gasteiger partial charge in [-0.2, -0.15) is 0 Å². The van der Waals surface area contributed by atoms with Crippen molar-refractivity contribution in [2.75, 3.05) is 7.11 Å². The molecule has 0 bridgehead atoms. The fourth-order valence-corrected chi connectivity index (χ4v) is 1.62. The van der Waals surface area contributed by atoms with Gasteiger partial charge in [-0.25, -0.2) is 9.97 Å². The second kappa shape index (κ2) is 5.25. The van der Waals surface area contributed by atoms with Crippen LogP contribution in [0.15, 0.2) is 12.4 Å². The molecule has 0 saturated carbocycles. The van der Waals surface area contributed by atoms with Gasteiger partial charge in [0.25, 0.3) is 0 Å². The fraction of sp³-hybridized carbons (Fsp3) is 0.667. The van der Waals surface area contributed by atoms with E-state index in [1.54, 1.807) is 13.2 Å². The molecule has 16 heavy (non-hydrogen) atoms. The van der Waals surface area contributed by atoms with Crippen LogP contribution in [0.25, 0.3) is 0 Å². The first-order chi connectivity index (χ1) is 7.40. The summed E-state index contributed by atoms with van der Waals surface area (Å²) in [5.41, 5.74) is 0.930. The number of hydrogen-bond donors (Lipinski definition) is 1. The maximum Gasteiger partial charge on any atom is 0.216 e. The lowest BCUT2D eigenvalue weighted by molar-refractivity contribution is 0.120. The Labute approximate surface area is 96.7 Å². The predicted octanol–water partition coefficient (Wildman–Crippen LogP) is 1.82. The first-order valence-electron chi connectivity index (χ1n) is 5.44. The van der Waals surface area contributed by atoms with Crippen LogP contribution in [0, 0.1) is 5.41 Å². The summed E-state index contributed by atoms with van der Waals surface area (Å²) in [5.74, 6) is 0.535. The van der Waals surface area contributed by atoms with Gasteiger partial charge >= 0.3 is 0 Å². The van der Waals surface area contributed by atoms with Crippen LogP contribution in [-0.4, -0.2) is 28.3 Å². The minimum atomic E-state index is -0.375. The minimum absolute atomic E-state index is 0.122. The van der Waals surface area contributed by atoms with E-state index >= 15 is 0 Å². The maximum absolute atomic E-state index is 9.90. The molecule has 0 aromatic carbocycles. The van der Waals surface area contributed by atoms with Gasteiger partial charge < -0.3 is 9.84 Å². The number of aromatic nitrogens is 2. The molecule has 1 unspecified atom stereocenters. The first-order valence-corrected chi connectivity index (χ1v) is 5.44. The molecular formula is C12H20N2O2. The Morgan fingerprint density at radius 3 is 2.62 bits per heavy atom. The predicted molar refractivity (Wildman–Crippen MR) is 62.4 cm³/mol. The van der Waals surface area contributed by atoms with Crippen LogP contribution in [0.1, 0.15) is 32.9 Å². The van der Waals surface area contributed by atoms with Crippen molar-refractivity contribution in [1.82, 2.24) is 9.97 Å². The zero-order valence-electron chi connectivity index (χ0n) is 10.4. The van der Waals surface area contributed by atoms with Crippen molar-refractivity contribution in [1.29, 1.82) is 0 Å². The SMILES string of the molecule is COc1cc(CC(O)CC(C)(C)C)ncn1. The molecule has 1 rings (SSSR count). The van der Waals surface area contributed by atoms with E-state index in [-0.39, 0.29) is 11.5 Å². The highest BCUT2D eigenvalue weighted by Gasteiger charge is 2.17. The Bertz CT molecular complexity index is 334. The normalized spacial score (nSPS) is 13.6. The topological polar surface area (TPSA) is 55.2 Å². The van der Waals surface area contributed by atoms with E-state index in [4.69, 9.17) is 4.74 Å². The lowest BCUT2D eigenvalue weighted by Crippen LogP contribution is -2.20. The third-order valence-corrected chi connectivity index (χ3v) is 2.20. The molecule has 0 fully saturated rings. The average molecular weight is 224 g/mol. The van der Waals surface area contributed by atoms with E-state index in [9.17, 15) is 5.11 Å². The summed E-state index contributed by atoms with van der Waals surface area (Å²) in [6.45, 7) is 6.32. The van der Waals surface area contributed by atoms with Gasteiger partial charge in [0.2, 0.25) is 5.88 Å². The molecule has 1 aromatic rings. The van der Waals surface area contributed by atoms with E-state index < -0.39 is 0 Å². The summed E-state index contributed by atoms with van der Waals surface area (Å²) in [5, 5.41) is 9.90. The number of ether oxygens (including phenoxy) is 1. The van der Waals surface area contributed by atoms with Crippen molar-refractivity contribution in [3.05, 3.63) is 18.1 Å². The van der Waals surface area contributed by atoms with Gasteiger partial charge in [0, 0.05) is 12.5 Å². The quantitative estimate of drug-likeness (QED) is 0.847. The monoisotopic (exact) mass is 224 g/mol. The molecule has 1 heterocycles. The molecule has 0 aliphatic carbocycles. The Kier molecular flexibility index (Phi) is 4.24. The number of methoxy groups -OCH3 is 1. The van der Waals surface area contributed by atoms with Gasteiger partial charge in [-0.05, 0) is 11.8 Å². The van der Waals surface area contributed by atoms with Crippen molar-refractivity contribution in [2.45, 2.75) is 39.7 Å². The second-order valence-corrected chi connectivity index (χ2v) is 5.17. The zero-order valence-corrected chi connectivity index (χ0v) is 10.4. The Morgan fingerprint density at radius 2 is 2.06 bits per heavy atom. The first kappa shape index (κ1) is 12.9. The average Bonchev–Trinajstić information content (AvgIpc) is 2.15. The van der Waals surface area contributed by atoms with Crippen LogP contribution in [-0.2, 0) is 6.42 Å². The fourth-order valence-electron chi connectivity index (χ4n) is 1.62. The standard InChI is InChI=1S/C12H20N2O2/c1-12(2,3)7-10(15)5-9-6-11(16-4)14-8-13-9/h6,8,10,15H,5,7H2,1-4H3. The lowest BCUT2D eigenvalue weighted by atomic mass is 9.88. The highest BCUT2D eigenvalue weighted by molar-refractivity contribution is 5.13. The number of aliphatic hydroxyl groups is 1. The minimum Gasteiger partial charge on any atom is -0.481 e. The van der Waals surface area contributed by atoms with Gasteiger partial charge in [0.15, 0.2) is 0 Å². The van der Waals surface area contributed by atoms with Crippen molar-refractivity contribution in [2.24, 2.45) is 5.41 Å². The van der Waals surface area contributed by atoms with Gasteiger partial charge in [-0.1, -0.05) is 20.8 Å². The third-order valence-electron chi connectivity index (χ3n) is 2.20. The summed E-state index contributed by atoms with van der Waals surface area (Å²) < 4.78 is 5.00. The van der Waals surface area contributed by atoms with Crippen LogP contribution in [0.3, 0.4) is 0 Å². The summed E-state index contributed by atoms with van der Waals surface area (Å²) >= 11 is 0. The van der Waals surface area contributed by atoms with E-state index in [1.165, 1.54) is 6.33 Å². The van der Waals surface area contributed by atoms with E-state index in [1.807, 2.05) is 0 Å². The van der Waals surface area contributed by atoms with E-state index in [0.29, 0.717) is 12.3 Å². The zero-order chi connectivity index (χ0) is 12.2. The lowest BCUT2D eigenvalue weighted by Gasteiger charge is -2.22. The van der Waals surface area contributed by atoms with Crippen molar-refractivity contribution in [3.8, 4) is 5.88 Å². The number of rotatable bonds is 4. The molecule has 0 spiro atoms. The molecule has 0 aliphatic heterocycles. The summed E-state index contributed by atoms with van der Waals surface area (Å²) in [6.07, 6.45) is 2.37. The number of nitrogens with zero attached hydrogens (tertiary/aromatic N) is 2. The molecule has 0 aliphatic rings. The number of hydrogen-bond acceptors (Lipinski definition) is 4. The van der Waals surface area contributed by atoms with Crippen LogP contribution in [0.2, 0.25) is 0 Å². The molecule has 1 aromatic heterocycles. The summed E-state index contributed by atoms with van der Waals surface area (Å²) in [7, 11) is 1.57. The van der Waals surface area contributed by atoms with Crippen molar-refractivity contribution < 1.29 is 9.84 Å². The largest absolute Gasteiger partial charge is 0.481 e. The van der Waals surface area contributed by atoms with Crippen LogP contribution in [0.4, 0.5) is 0 Å². The Morgan fingerprint density at radius 1 is 1.38 bits per heavy atom. The van der Waals surface area contributed by atoms with Crippen LogP contribution < -0.4 is 4.74 Å². The van der Waals surface area contributed by atoms with Gasteiger partial charge in [-0.3, -0.25) is 0 Å². The molecule has 4 heteroatoms. The highest BCUT2D eigenvalue weighted by atomic mass is 16.5. The van der Waals surface area contributed by atoms with Crippen molar-refractivity contribution >= 4 is 0 Å². The van der Waals surface area contributed by atoms with Crippen LogP contribution in [0.5, 0.6) is 5.88 Å². The molecule has 0 amide bonds. The number of aliphatic hydroxyl groups excluding tert-OH is 1. The smallest absolute Gasteiger partial charge is 0.216 e. The Balaban J connectivity index is 2.59. The summed E-state index contributed by atoms with van der Waals surface area (Å²) in [6, 6.07) is 1.76. The molecule has 4 nitrogen and oxygen atoms in total. The summed E-state index contributed by atoms with van der Waals surface area (Å²) in [4.78, 5) is 8.03. The Hall–Kier alpha value is -1.16. The van der Waals surface area contributed by atoms with E-state index in [0.717, 1.165) is 12.1 Å². The molecule has 90 valence electrons. The van der Waals surface area contributed by atoms with Crippen LogP contribution >= 0.6 is 0 Å². The third kappa shape index (κ3) is 4.57. The molecule has 0 saturated heterocycles. The van der Waals surface area contributed by atoms with Gasteiger partial charge in [0.1, 0.15) is 6.33 Å². The molecule has 0 radical (unpaired) electrons. The second-order valence-electron chi connectivity index (χ2n) is 5.17. The molecule has 1 atom stereocenters. The molecule has 1 N–H and O–H groups in total.